The maximum Gasteiger partial charge on any atom is 0.310 e. The first-order valence-electron chi connectivity index (χ1n) is 21.3. The van der Waals surface area contributed by atoms with Gasteiger partial charge in [-0.05, 0) is 113 Å². The summed E-state index contributed by atoms with van der Waals surface area (Å²) in [5.74, 6) is 0.175. The lowest BCUT2D eigenvalue weighted by molar-refractivity contribution is -0.599. The maximum absolute atomic E-state index is 14.2. The lowest BCUT2D eigenvalue weighted by atomic mass is 10.0. The molecule has 0 saturated heterocycles. The second-order valence-electron chi connectivity index (χ2n) is 15.7. The predicted molar refractivity (Wildman–Crippen MR) is 272 cm³/mol. The van der Waals surface area contributed by atoms with E-state index < -0.39 is 0 Å². The zero-order valence-electron chi connectivity index (χ0n) is 38.1. The summed E-state index contributed by atoms with van der Waals surface area (Å²) in [5.41, 5.74) is 10.4. The Morgan fingerprint density at radius 2 is 0.853 bits per heavy atom. The van der Waals surface area contributed by atoms with Crippen molar-refractivity contribution in [2.24, 2.45) is 0 Å². The molecule has 0 N–H and O–H groups in total. The van der Waals surface area contributed by atoms with Gasteiger partial charge in [-0.1, -0.05) is 56.1 Å². The van der Waals surface area contributed by atoms with Gasteiger partial charge in [-0.3, -0.25) is 19.2 Å². The first-order valence-corrected chi connectivity index (χ1v) is 26.5. The Morgan fingerprint density at radius 1 is 0.529 bits per heavy atom. The number of hydrogen-bond donors (Lipinski definition) is 0. The number of ketones is 2. The molecular weight excluding hydrogens is 1290 g/mol. The van der Waals surface area contributed by atoms with Gasteiger partial charge in [0.25, 0.3) is 0 Å². The molecule has 7 rings (SSSR count). The highest BCUT2D eigenvalue weighted by Gasteiger charge is 2.34. The number of carbonyl (C=O) groups excluding carboxylic acids is 4. The standard InChI is InChI=1S/C52H48Br2N2O6S4.2HI/c1-7-61-43(57)23-41-45(55-25-31(3)21-32(4)26-55)51(65-49(41)47(59)37-13-17-39(53)18-14-37)63-29-35-9-11-36(12-10-35)30-64-52-46(56-27-33(5)22-34(6)28-56)42(24-44(58)62-8-2)50(66-52)48(60)38-15-19-40(54)20-16-38;;/h9-22,25-28H,7-8,23-24,29-30H2,1-6H3;2*1H/q+2;;/p-2. The van der Waals surface area contributed by atoms with E-state index >= 15 is 0 Å². The quantitative estimate of drug-likeness (QED) is 0.0322. The van der Waals surface area contributed by atoms with Crippen molar-refractivity contribution in [2.75, 3.05) is 13.2 Å². The Bertz CT molecular complexity index is 2700. The van der Waals surface area contributed by atoms with Crippen LogP contribution in [-0.2, 0) is 43.4 Å². The molecule has 0 unspecified atom stereocenters. The number of nitrogens with zero attached hydrogens (tertiary/aromatic N) is 2. The number of thiophene rings is 2. The molecule has 4 aromatic heterocycles. The molecule has 0 aliphatic rings. The highest BCUT2D eigenvalue weighted by Crippen LogP contribution is 2.42. The molecule has 354 valence electrons. The first-order chi connectivity index (χ1) is 31.7. The van der Waals surface area contributed by atoms with Crippen molar-refractivity contribution in [3.8, 4) is 11.4 Å². The molecule has 0 spiro atoms. The topological polar surface area (TPSA) is 94.5 Å². The smallest absolute Gasteiger partial charge is 0.310 e. The largest absolute Gasteiger partial charge is 1.00 e. The van der Waals surface area contributed by atoms with E-state index in [2.05, 4.69) is 68.3 Å². The van der Waals surface area contributed by atoms with Crippen LogP contribution < -0.4 is 57.1 Å². The number of rotatable bonds is 18. The average Bonchev–Trinajstić information content (AvgIpc) is 3.82. The van der Waals surface area contributed by atoms with Gasteiger partial charge in [0.2, 0.25) is 22.9 Å². The number of ether oxygens (including phenoxy) is 2. The SMILES string of the molecule is CCOC(=O)Cc1c(C(=O)c2ccc(Br)cc2)sc(SCc2ccc(CSc3sc(C(=O)c4ccc(Br)cc4)c(CC(=O)OCC)c3-[n+]3cc(C)cc(C)c3)cc2)c1-[n+]1cc(C)cc(C)c1.[I-].[I-]. The molecule has 0 amide bonds. The zero-order chi connectivity index (χ0) is 47.1. The molecular formula is C52H48Br2I2N2O6S4. The van der Waals surface area contributed by atoms with Crippen LogP contribution in [0.1, 0.15) is 88.8 Å². The van der Waals surface area contributed by atoms with E-state index in [1.54, 1.807) is 61.6 Å². The summed E-state index contributed by atoms with van der Waals surface area (Å²) in [7, 11) is 0. The highest BCUT2D eigenvalue weighted by molar-refractivity contribution is 9.10. The number of esters is 2. The number of aromatic nitrogens is 2. The van der Waals surface area contributed by atoms with Crippen molar-refractivity contribution in [3.05, 3.63) is 184 Å². The summed E-state index contributed by atoms with van der Waals surface area (Å²) in [6.45, 7) is 12.2. The number of pyridine rings is 2. The van der Waals surface area contributed by atoms with Gasteiger partial charge in [-0.2, -0.15) is 9.13 Å². The Labute approximate surface area is 465 Å². The summed E-state index contributed by atoms with van der Waals surface area (Å²) < 4.78 is 18.5. The zero-order valence-corrected chi connectivity index (χ0v) is 48.9. The monoisotopic (exact) mass is 1340 g/mol. The van der Waals surface area contributed by atoms with E-state index in [1.165, 1.54) is 22.7 Å². The summed E-state index contributed by atoms with van der Waals surface area (Å²) in [6.07, 6.45) is 8.05. The van der Waals surface area contributed by atoms with Crippen LogP contribution in [0.2, 0.25) is 0 Å². The Balaban J connectivity index is 0.00000432. The van der Waals surface area contributed by atoms with E-state index in [4.69, 9.17) is 9.47 Å². The van der Waals surface area contributed by atoms with Crippen molar-refractivity contribution in [1.29, 1.82) is 0 Å². The van der Waals surface area contributed by atoms with E-state index in [0.29, 0.717) is 43.5 Å². The number of thioether (sulfide) groups is 2. The Kier molecular flexibility index (Phi) is 21.1. The van der Waals surface area contributed by atoms with Crippen LogP contribution in [0.5, 0.6) is 0 Å². The van der Waals surface area contributed by atoms with Gasteiger partial charge < -0.3 is 57.4 Å². The van der Waals surface area contributed by atoms with Crippen LogP contribution in [0, 0.1) is 27.7 Å². The fourth-order valence-electron chi connectivity index (χ4n) is 7.56. The van der Waals surface area contributed by atoms with Gasteiger partial charge in [-0.15, -0.1) is 46.2 Å². The maximum atomic E-state index is 14.2. The summed E-state index contributed by atoms with van der Waals surface area (Å²) >= 11 is 13.1. The summed E-state index contributed by atoms with van der Waals surface area (Å²) in [4.78, 5) is 55.8. The molecule has 8 nitrogen and oxygen atoms in total. The van der Waals surface area contributed by atoms with Crippen molar-refractivity contribution in [2.45, 2.75) is 74.3 Å². The second kappa shape index (κ2) is 25.7. The lowest BCUT2D eigenvalue weighted by Crippen LogP contribution is -3.00. The van der Waals surface area contributed by atoms with E-state index in [0.717, 1.165) is 62.1 Å². The third-order valence-corrected chi connectivity index (χ3v) is 16.5. The molecule has 0 radical (unpaired) electrons. The average molecular weight is 1340 g/mol. The lowest BCUT2D eigenvalue weighted by Gasteiger charge is -2.07. The minimum Gasteiger partial charge on any atom is -1.00 e. The van der Waals surface area contributed by atoms with Crippen LogP contribution >= 0.6 is 78.1 Å². The molecule has 0 atom stereocenters. The third-order valence-electron chi connectivity index (χ3n) is 10.3. The van der Waals surface area contributed by atoms with Crippen molar-refractivity contribution >= 4 is 102 Å². The van der Waals surface area contributed by atoms with E-state index in [1.807, 2.05) is 85.9 Å². The van der Waals surface area contributed by atoms with Crippen molar-refractivity contribution in [3.63, 3.8) is 0 Å². The molecule has 0 saturated carbocycles. The minimum absolute atomic E-state index is 0. The molecule has 7 aromatic rings. The van der Waals surface area contributed by atoms with Gasteiger partial charge in [0.05, 0.1) is 46.9 Å². The van der Waals surface area contributed by atoms with Crippen LogP contribution in [0.3, 0.4) is 0 Å². The van der Waals surface area contributed by atoms with Crippen LogP contribution in [0.15, 0.2) is 127 Å². The Morgan fingerprint density at radius 3 is 1.16 bits per heavy atom. The van der Waals surface area contributed by atoms with Gasteiger partial charge >= 0.3 is 11.9 Å². The van der Waals surface area contributed by atoms with Gasteiger partial charge in [0.1, 0.15) is 8.42 Å². The Hall–Kier alpha value is -3.24. The van der Waals surface area contributed by atoms with Crippen LogP contribution in [0.4, 0.5) is 0 Å². The van der Waals surface area contributed by atoms with Gasteiger partial charge in [0.15, 0.2) is 24.8 Å². The number of halogens is 4. The van der Waals surface area contributed by atoms with Crippen LogP contribution in [0.25, 0.3) is 11.4 Å². The van der Waals surface area contributed by atoms with E-state index in [9.17, 15) is 19.2 Å². The minimum atomic E-state index is -0.388. The van der Waals surface area contributed by atoms with E-state index in [-0.39, 0.29) is 97.5 Å². The number of benzene rings is 3. The number of carbonyl (C=O) groups is 4. The molecule has 3 aromatic carbocycles. The van der Waals surface area contributed by atoms with Crippen LogP contribution in [-0.4, -0.2) is 36.7 Å². The fraction of sp³-hybridized carbons (Fsp3) is 0.231. The molecule has 16 heteroatoms. The normalized spacial score (nSPS) is 10.8. The summed E-state index contributed by atoms with van der Waals surface area (Å²) in [6, 6.07) is 27.2. The van der Waals surface area contributed by atoms with Gasteiger partial charge in [-0.25, -0.2) is 0 Å². The molecule has 0 aliphatic carbocycles. The molecule has 4 heterocycles. The number of aryl methyl sites for hydroxylation is 4. The second-order valence-corrected chi connectivity index (χ2v) is 22.1. The van der Waals surface area contributed by atoms with Crippen molar-refractivity contribution < 1.29 is 85.7 Å². The molecule has 0 bridgehead atoms. The third kappa shape index (κ3) is 14.0. The highest BCUT2D eigenvalue weighted by atomic mass is 127. The fourth-order valence-corrected chi connectivity index (χ4v) is 13.2. The first kappa shape index (κ1) is 55.7. The molecule has 0 fully saturated rings. The van der Waals surface area contributed by atoms with Gasteiger partial charge in [0, 0.05) is 53.8 Å². The van der Waals surface area contributed by atoms with Crippen molar-refractivity contribution in [1.82, 2.24) is 0 Å². The number of hydrogen-bond acceptors (Lipinski definition) is 10. The molecule has 68 heavy (non-hydrogen) atoms. The summed E-state index contributed by atoms with van der Waals surface area (Å²) in [5, 5.41) is 0. The molecule has 0 aliphatic heterocycles. The predicted octanol–water partition coefficient (Wildman–Crippen LogP) is 6.39.